The maximum atomic E-state index is 5.59. The van der Waals surface area contributed by atoms with Crippen LogP contribution in [0.15, 0.2) is 47.5 Å². The fourth-order valence-electron chi connectivity index (χ4n) is 2.26. The number of hydrogen-bond acceptors (Lipinski definition) is 3. The number of rotatable bonds is 7. The lowest BCUT2D eigenvalue weighted by Gasteiger charge is -2.18. The van der Waals surface area contributed by atoms with Gasteiger partial charge in [-0.15, -0.1) is 35.3 Å². The number of aryl methyl sites for hydroxylation is 1. The number of hydrogen-bond donors (Lipinski definition) is 2. The second kappa shape index (κ2) is 11.4. The second-order valence-electron chi connectivity index (χ2n) is 5.22. The van der Waals surface area contributed by atoms with Crippen molar-refractivity contribution in [1.82, 2.24) is 10.6 Å². The van der Waals surface area contributed by atoms with E-state index in [1.54, 1.807) is 18.4 Å². The highest BCUT2D eigenvalue weighted by molar-refractivity contribution is 14.0. The van der Waals surface area contributed by atoms with Gasteiger partial charge >= 0.3 is 0 Å². The van der Waals surface area contributed by atoms with Gasteiger partial charge in [0.1, 0.15) is 0 Å². The monoisotopic (exact) mass is 459 g/mol. The van der Waals surface area contributed by atoms with Crippen LogP contribution in [-0.4, -0.2) is 26.2 Å². The number of halogens is 1. The Kier molecular flexibility index (Phi) is 9.97. The van der Waals surface area contributed by atoms with Crippen LogP contribution in [0, 0.1) is 6.92 Å². The highest BCUT2D eigenvalue weighted by atomic mass is 127. The minimum absolute atomic E-state index is 0. The van der Waals surface area contributed by atoms with Gasteiger partial charge in [-0.25, -0.2) is 4.99 Å². The van der Waals surface area contributed by atoms with Crippen LogP contribution in [0.3, 0.4) is 0 Å². The van der Waals surface area contributed by atoms with Crippen molar-refractivity contribution in [3.05, 3.63) is 57.8 Å². The van der Waals surface area contributed by atoms with Crippen LogP contribution in [-0.2, 0) is 11.3 Å². The minimum Gasteiger partial charge on any atom is -0.375 e. The Morgan fingerprint density at radius 1 is 1.17 bits per heavy atom. The fourth-order valence-corrected chi connectivity index (χ4v) is 3.08. The summed E-state index contributed by atoms with van der Waals surface area (Å²) in [4.78, 5) is 7.23. The van der Waals surface area contributed by atoms with Crippen LogP contribution >= 0.6 is 35.3 Å². The number of nitrogens with one attached hydrogen (secondary N) is 2. The Bertz CT molecular complexity index is 616. The molecule has 0 saturated carbocycles. The molecule has 1 heterocycles. The van der Waals surface area contributed by atoms with E-state index in [4.69, 9.17) is 4.74 Å². The molecule has 1 unspecified atom stereocenters. The molecule has 1 atom stereocenters. The van der Waals surface area contributed by atoms with Crippen LogP contribution in [0.5, 0.6) is 0 Å². The third-order valence-electron chi connectivity index (χ3n) is 3.44. The molecular formula is C18H26IN3OS. The molecule has 0 aliphatic rings. The van der Waals surface area contributed by atoms with Gasteiger partial charge in [0.25, 0.3) is 0 Å². The molecule has 0 spiro atoms. The summed E-state index contributed by atoms with van der Waals surface area (Å²) in [5, 5.41) is 6.64. The first kappa shape index (κ1) is 20.9. The Balaban J connectivity index is 0.00000288. The van der Waals surface area contributed by atoms with Crippen molar-refractivity contribution < 1.29 is 4.74 Å². The average molecular weight is 459 g/mol. The third kappa shape index (κ3) is 6.78. The van der Waals surface area contributed by atoms with Gasteiger partial charge in [0.05, 0.1) is 12.6 Å². The Hall–Kier alpha value is -1.12. The summed E-state index contributed by atoms with van der Waals surface area (Å²) in [5.74, 6) is 0.816. The molecule has 1 aromatic carbocycles. The second-order valence-corrected chi connectivity index (χ2v) is 6.60. The summed E-state index contributed by atoms with van der Waals surface area (Å²) in [5.41, 5.74) is 1.16. The van der Waals surface area contributed by atoms with Gasteiger partial charge in [0.2, 0.25) is 0 Å². The van der Waals surface area contributed by atoms with Gasteiger partial charge in [-0.05, 0) is 31.5 Å². The van der Waals surface area contributed by atoms with Crippen LogP contribution in [0.2, 0.25) is 0 Å². The van der Waals surface area contributed by atoms with Gasteiger partial charge in [-0.3, -0.25) is 0 Å². The minimum atomic E-state index is 0. The van der Waals surface area contributed by atoms with E-state index in [1.165, 1.54) is 9.75 Å². The molecular weight excluding hydrogens is 433 g/mol. The first-order valence-electron chi connectivity index (χ1n) is 7.88. The molecule has 0 aliphatic heterocycles. The third-order valence-corrected chi connectivity index (χ3v) is 4.43. The number of nitrogens with zero attached hydrogens (tertiary/aromatic N) is 1. The molecule has 2 N–H and O–H groups in total. The molecule has 24 heavy (non-hydrogen) atoms. The van der Waals surface area contributed by atoms with Crippen LogP contribution < -0.4 is 10.6 Å². The number of ether oxygens (including phenoxy) is 1. The molecule has 2 aromatic rings. The predicted octanol–water partition coefficient (Wildman–Crippen LogP) is 4.12. The molecule has 0 fully saturated rings. The normalized spacial score (nSPS) is 12.4. The van der Waals surface area contributed by atoms with Crippen molar-refractivity contribution in [2.45, 2.75) is 26.5 Å². The first-order valence-corrected chi connectivity index (χ1v) is 8.69. The summed E-state index contributed by atoms with van der Waals surface area (Å²) in [6.07, 6.45) is 0.00374. The summed E-state index contributed by atoms with van der Waals surface area (Å²) in [7, 11) is 1.73. The summed E-state index contributed by atoms with van der Waals surface area (Å²) < 4.78 is 5.59. The standard InChI is InChI=1S/C18H25N3OS.HI/c1-4-19-18(20-12-16-11-10-14(2)23-16)21-13-17(22-3)15-8-6-5-7-9-15;/h5-11,17H,4,12-13H2,1-3H3,(H2,19,20,21);1H. The lowest BCUT2D eigenvalue weighted by molar-refractivity contribution is 0.106. The van der Waals surface area contributed by atoms with Crippen molar-refractivity contribution in [2.24, 2.45) is 4.99 Å². The summed E-state index contributed by atoms with van der Waals surface area (Å²) >= 11 is 1.79. The average Bonchev–Trinajstić information content (AvgIpc) is 2.99. The zero-order valence-electron chi connectivity index (χ0n) is 14.4. The zero-order valence-corrected chi connectivity index (χ0v) is 17.6. The quantitative estimate of drug-likeness (QED) is 0.372. The number of methoxy groups -OCH3 is 1. The number of guanidine groups is 1. The van der Waals surface area contributed by atoms with Crippen LogP contribution in [0.1, 0.15) is 28.3 Å². The fraction of sp³-hybridized carbons (Fsp3) is 0.389. The molecule has 2 rings (SSSR count). The number of thiophene rings is 1. The molecule has 0 aliphatic carbocycles. The van der Waals surface area contributed by atoms with E-state index in [2.05, 4.69) is 53.7 Å². The van der Waals surface area contributed by atoms with Crippen LogP contribution in [0.4, 0.5) is 0 Å². The molecule has 0 amide bonds. The van der Waals surface area contributed by atoms with Crippen molar-refractivity contribution >= 4 is 41.3 Å². The molecule has 132 valence electrons. The van der Waals surface area contributed by atoms with Gasteiger partial charge in [0, 0.05) is 30.0 Å². The molecule has 0 radical (unpaired) electrons. The van der Waals surface area contributed by atoms with Gasteiger partial charge in [-0.2, -0.15) is 0 Å². The molecule has 0 saturated heterocycles. The van der Waals surface area contributed by atoms with E-state index in [0.29, 0.717) is 13.1 Å². The molecule has 4 nitrogen and oxygen atoms in total. The van der Waals surface area contributed by atoms with Gasteiger partial charge in [-0.1, -0.05) is 30.3 Å². The van der Waals surface area contributed by atoms with Crippen LogP contribution in [0.25, 0.3) is 0 Å². The first-order chi connectivity index (χ1) is 11.2. The summed E-state index contributed by atoms with van der Waals surface area (Å²) in [6.45, 7) is 6.38. The van der Waals surface area contributed by atoms with Crippen molar-refractivity contribution in [3.8, 4) is 0 Å². The van der Waals surface area contributed by atoms with E-state index in [9.17, 15) is 0 Å². The zero-order chi connectivity index (χ0) is 16.5. The van der Waals surface area contributed by atoms with E-state index in [0.717, 1.165) is 18.1 Å². The largest absolute Gasteiger partial charge is 0.375 e. The molecule has 0 bridgehead atoms. The van der Waals surface area contributed by atoms with E-state index in [-0.39, 0.29) is 30.1 Å². The topological polar surface area (TPSA) is 45.7 Å². The Morgan fingerprint density at radius 2 is 1.92 bits per heavy atom. The van der Waals surface area contributed by atoms with E-state index < -0.39 is 0 Å². The number of aliphatic imine (C=N–C) groups is 1. The highest BCUT2D eigenvalue weighted by Gasteiger charge is 2.10. The van der Waals surface area contributed by atoms with E-state index >= 15 is 0 Å². The van der Waals surface area contributed by atoms with Crippen molar-refractivity contribution in [1.29, 1.82) is 0 Å². The smallest absolute Gasteiger partial charge is 0.191 e. The van der Waals surface area contributed by atoms with Crippen molar-refractivity contribution in [3.63, 3.8) is 0 Å². The lowest BCUT2D eigenvalue weighted by atomic mass is 10.1. The van der Waals surface area contributed by atoms with Crippen molar-refractivity contribution in [2.75, 3.05) is 20.2 Å². The molecule has 1 aromatic heterocycles. The lowest BCUT2D eigenvalue weighted by Crippen LogP contribution is -2.39. The Labute approximate surface area is 165 Å². The highest BCUT2D eigenvalue weighted by Crippen LogP contribution is 2.16. The van der Waals surface area contributed by atoms with E-state index in [1.807, 2.05) is 18.2 Å². The number of benzene rings is 1. The maximum absolute atomic E-state index is 5.59. The summed E-state index contributed by atoms with van der Waals surface area (Å²) in [6, 6.07) is 14.5. The SMILES string of the molecule is CCNC(=NCc1ccc(C)s1)NCC(OC)c1ccccc1.I. The molecule has 6 heteroatoms. The van der Waals surface area contributed by atoms with Gasteiger partial charge < -0.3 is 15.4 Å². The Morgan fingerprint density at radius 3 is 2.50 bits per heavy atom. The van der Waals surface area contributed by atoms with Gasteiger partial charge in [0.15, 0.2) is 5.96 Å². The maximum Gasteiger partial charge on any atom is 0.191 e. The predicted molar refractivity (Wildman–Crippen MR) is 113 cm³/mol.